The van der Waals surface area contributed by atoms with Crippen molar-refractivity contribution in [2.75, 3.05) is 6.54 Å². The second kappa shape index (κ2) is 5.12. The predicted molar refractivity (Wildman–Crippen MR) is 56.5 cm³/mol. The van der Waals surface area contributed by atoms with Gasteiger partial charge >= 0.3 is 11.7 Å². The minimum absolute atomic E-state index is 0.663. The molecule has 0 saturated heterocycles. The van der Waals surface area contributed by atoms with Gasteiger partial charge in [0.1, 0.15) is 0 Å². The molecule has 0 aliphatic heterocycles. The molecule has 0 fully saturated rings. The maximum Gasteiger partial charge on any atom is 0.333 e. The lowest BCUT2D eigenvalue weighted by Gasteiger charge is -2.07. The lowest BCUT2D eigenvalue weighted by molar-refractivity contribution is -0.146. The van der Waals surface area contributed by atoms with Crippen molar-refractivity contribution in [2.24, 2.45) is 0 Å². The van der Waals surface area contributed by atoms with E-state index >= 15 is 0 Å². The molecule has 5 N–H and O–H groups in total. The molecule has 0 bridgehead atoms. The van der Waals surface area contributed by atoms with Crippen LogP contribution >= 0.6 is 0 Å². The third-order valence-corrected chi connectivity index (χ3v) is 3.26. The van der Waals surface area contributed by atoms with Gasteiger partial charge in [-0.3, -0.25) is 9.78 Å². The standard InChI is InChI=1S/C7H9N3O7S/c11-3(6(13)14)1-9-18(16,17)4-2-8-7(15)10-5(4)12/h2-3,9,11H,1H2,(H,13,14)(H2,8,10,12,15)/t3-/m0/s1. The summed E-state index contributed by atoms with van der Waals surface area (Å²) in [6.07, 6.45) is -1.28. The van der Waals surface area contributed by atoms with E-state index in [0.29, 0.717) is 6.20 Å². The summed E-state index contributed by atoms with van der Waals surface area (Å²) < 4.78 is 24.8. The van der Waals surface area contributed by atoms with Crippen LogP contribution in [0.2, 0.25) is 0 Å². The first kappa shape index (κ1) is 14.1. The highest BCUT2D eigenvalue weighted by Crippen LogP contribution is 1.97. The number of carboxylic acids is 1. The van der Waals surface area contributed by atoms with Crippen LogP contribution < -0.4 is 16.0 Å². The number of carboxylic acid groups (broad SMARTS) is 1. The van der Waals surface area contributed by atoms with E-state index in [1.54, 1.807) is 9.71 Å². The highest BCUT2D eigenvalue weighted by Gasteiger charge is 2.22. The Balaban J connectivity index is 2.97. The van der Waals surface area contributed by atoms with E-state index in [2.05, 4.69) is 0 Å². The molecule has 11 heteroatoms. The molecule has 0 aliphatic rings. The first-order chi connectivity index (χ1) is 8.24. The number of hydrogen-bond donors (Lipinski definition) is 5. The molecule has 0 aliphatic carbocycles. The van der Waals surface area contributed by atoms with Crippen molar-refractivity contribution in [1.82, 2.24) is 14.7 Å². The molecule has 1 atom stereocenters. The molecule has 0 saturated carbocycles. The van der Waals surface area contributed by atoms with Crippen LogP contribution in [-0.4, -0.2) is 47.2 Å². The monoisotopic (exact) mass is 279 g/mol. The Kier molecular flexibility index (Phi) is 4.00. The van der Waals surface area contributed by atoms with Crippen molar-refractivity contribution in [3.8, 4) is 0 Å². The molecule has 1 aromatic rings. The number of aromatic nitrogens is 2. The van der Waals surface area contributed by atoms with Crippen LogP contribution in [0.5, 0.6) is 0 Å². The van der Waals surface area contributed by atoms with E-state index in [1.807, 2.05) is 4.98 Å². The average molecular weight is 279 g/mol. The molecule has 0 unspecified atom stereocenters. The maximum absolute atomic E-state index is 11.5. The van der Waals surface area contributed by atoms with Crippen molar-refractivity contribution in [3.05, 3.63) is 27.0 Å². The number of nitrogens with one attached hydrogen (secondary N) is 3. The number of hydrogen-bond acceptors (Lipinski definition) is 6. The summed E-state index contributed by atoms with van der Waals surface area (Å²) in [4.78, 5) is 35.0. The van der Waals surface area contributed by atoms with Crippen molar-refractivity contribution < 1.29 is 23.4 Å². The van der Waals surface area contributed by atoms with E-state index in [9.17, 15) is 22.8 Å². The number of aliphatic hydroxyl groups excluding tert-OH is 1. The van der Waals surface area contributed by atoms with Gasteiger partial charge in [0.05, 0.1) is 0 Å². The largest absolute Gasteiger partial charge is 0.479 e. The van der Waals surface area contributed by atoms with Gasteiger partial charge in [0.25, 0.3) is 5.56 Å². The Morgan fingerprint density at radius 3 is 2.56 bits per heavy atom. The molecular formula is C7H9N3O7S. The lowest BCUT2D eigenvalue weighted by atomic mass is 10.4. The average Bonchev–Trinajstić information content (AvgIpc) is 2.25. The zero-order chi connectivity index (χ0) is 13.9. The topological polar surface area (TPSA) is 169 Å². The van der Waals surface area contributed by atoms with Crippen molar-refractivity contribution in [1.29, 1.82) is 0 Å². The van der Waals surface area contributed by atoms with Crippen LogP contribution in [-0.2, 0) is 14.8 Å². The summed E-state index contributed by atoms with van der Waals surface area (Å²) in [5, 5.41) is 17.2. The van der Waals surface area contributed by atoms with E-state index in [1.165, 1.54) is 0 Å². The molecule has 100 valence electrons. The number of aliphatic hydroxyl groups is 1. The van der Waals surface area contributed by atoms with Gasteiger partial charge in [0.15, 0.2) is 11.0 Å². The Morgan fingerprint density at radius 2 is 2.06 bits per heavy atom. The summed E-state index contributed by atoms with van der Waals surface area (Å²) >= 11 is 0. The third-order valence-electron chi connectivity index (χ3n) is 1.83. The van der Waals surface area contributed by atoms with Gasteiger partial charge in [-0.2, -0.15) is 0 Å². The summed E-state index contributed by atoms with van der Waals surface area (Å²) in [5.74, 6) is -1.62. The van der Waals surface area contributed by atoms with Crippen LogP contribution in [0.15, 0.2) is 20.7 Å². The predicted octanol–water partition coefficient (Wildman–Crippen LogP) is -3.21. The number of aliphatic carboxylic acids is 1. The first-order valence-corrected chi connectivity index (χ1v) is 5.95. The van der Waals surface area contributed by atoms with E-state index in [4.69, 9.17) is 10.2 Å². The molecule has 10 nitrogen and oxygen atoms in total. The molecule has 0 radical (unpaired) electrons. The molecule has 1 rings (SSSR count). The summed E-state index contributed by atoms with van der Waals surface area (Å²) in [6, 6.07) is 0. The van der Waals surface area contributed by atoms with Crippen LogP contribution in [0.4, 0.5) is 0 Å². The zero-order valence-electron chi connectivity index (χ0n) is 8.71. The van der Waals surface area contributed by atoms with Gasteiger partial charge in [-0.15, -0.1) is 0 Å². The second-order valence-corrected chi connectivity index (χ2v) is 4.88. The number of aromatic amines is 2. The normalized spacial score (nSPS) is 13.2. The number of carbonyl (C=O) groups is 1. The molecule has 1 heterocycles. The highest BCUT2D eigenvalue weighted by molar-refractivity contribution is 7.89. The lowest BCUT2D eigenvalue weighted by Crippen LogP contribution is -2.39. The molecule has 0 amide bonds. The van der Waals surface area contributed by atoms with Gasteiger partial charge in [-0.1, -0.05) is 0 Å². The fourth-order valence-corrected chi connectivity index (χ4v) is 1.99. The van der Waals surface area contributed by atoms with Gasteiger partial charge < -0.3 is 15.2 Å². The Labute approximate surface area is 99.3 Å². The van der Waals surface area contributed by atoms with E-state index < -0.39 is 44.8 Å². The minimum Gasteiger partial charge on any atom is -0.479 e. The summed E-state index contributed by atoms with van der Waals surface area (Å²) in [5.41, 5.74) is -2.04. The fraction of sp³-hybridized carbons (Fsp3) is 0.286. The zero-order valence-corrected chi connectivity index (χ0v) is 9.52. The smallest absolute Gasteiger partial charge is 0.333 e. The summed E-state index contributed by atoms with van der Waals surface area (Å²) in [6.45, 7) is -0.809. The Hall–Kier alpha value is -1.98. The molecule has 18 heavy (non-hydrogen) atoms. The third kappa shape index (κ3) is 3.26. The summed E-state index contributed by atoms with van der Waals surface area (Å²) in [7, 11) is -4.32. The quantitative estimate of drug-likeness (QED) is 0.377. The van der Waals surface area contributed by atoms with Gasteiger partial charge in [0.2, 0.25) is 10.0 Å². The number of sulfonamides is 1. The minimum atomic E-state index is -4.32. The Morgan fingerprint density at radius 1 is 1.44 bits per heavy atom. The van der Waals surface area contributed by atoms with Crippen LogP contribution in [0.3, 0.4) is 0 Å². The van der Waals surface area contributed by atoms with Crippen molar-refractivity contribution in [3.63, 3.8) is 0 Å². The number of rotatable bonds is 5. The van der Waals surface area contributed by atoms with Crippen LogP contribution in [0.25, 0.3) is 0 Å². The first-order valence-electron chi connectivity index (χ1n) is 4.46. The van der Waals surface area contributed by atoms with Crippen molar-refractivity contribution in [2.45, 2.75) is 11.0 Å². The molecule has 0 spiro atoms. The van der Waals surface area contributed by atoms with E-state index in [0.717, 1.165) is 0 Å². The van der Waals surface area contributed by atoms with Gasteiger partial charge in [0, 0.05) is 12.7 Å². The fourth-order valence-electron chi connectivity index (χ4n) is 0.951. The van der Waals surface area contributed by atoms with Crippen LogP contribution in [0.1, 0.15) is 0 Å². The SMILES string of the molecule is O=C(O)[C@@H](O)CNS(=O)(=O)c1c[nH]c(=O)[nH]c1=O. The van der Waals surface area contributed by atoms with Gasteiger partial charge in [-0.25, -0.2) is 22.7 Å². The molecular weight excluding hydrogens is 270 g/mol. The molecule has 0 aromatic carbocycles. The maximum atomic E-state index is 11.5. The highest BCUT2D eigenvalue weighted by atomic mass is 32.2. The van der Waals surface area contributed by atoms with Gasteiger partial charge in [-0.05, 0) is 0 Å². The van der Waals surface area contributed by atoms with Crippen molar-refractivity contribution >= 4 is 16.0 Å². The van der Waals surface area contributed by atoms with Crippen LogP contribution in [0, 0.1) is 0 Å². The van der Waals surface area contributed by atoms with E-state index in [-0.39, 0.29) is 0 Å². The number of H-pyrrole nitrogens is 2. The molecule has 1 aromatic heterocycles. The Bertz CT molecular complexity index is 658. The second-order valence-electron chi connectivity index (χ2n) is 3.14.